The number of aryl methyl sites for hydroxylation is 2. The molecule has 0 fully saturated rings. The lowest BCUT2D eigenvalue weighted by molar-refractivity contribution is 0.382. The number of hydrogen-bond donors (Lipinski definition) is 1. The van der Waals surface area contributed by atoms with E-state index in [2.05, 4.69) is 37.3 Å². The molecule has 0 aromatic carbocycles. The Labute approximate surface area is 92.9 Å². The van der Waals surface area contributed by atoms with Gasteiger partial charge >= 0.3 is 0 Å². The molecular formula is C12H23N3. The van der Waals surface area contributed by atoms with Gasteiger partial charge in [-0.05, 0) is 31.4 Å². The first-order valence-electron chi connectivity index (χ1n) is 5.85. The van der Waals surface area contributed by atoms with E-state index in [0.29, 0.717) is 12.0 Å². The molecule has 0 saturated heterocycles. The number of rotatable bonds is 6. The molecule has 1 atom stereocenters. The summed E-state index contributed by atoms with van der Waals surface area (Å²) >= 11 is 0. The van der Waals surface area contributed by atoms with Crippen LogP contribution in [-0.4, -0.2) is 22.4 Å². The van der Waals surface area contributed by atoms with Crippen molar-refractivity contribution < 1.29 is 0 Å². The Kier molecular flexibility index (Phi) is 4.82. The highest BCUT2D eigenvalue weighted by atomic mass is 15.2. The van der Waals surface area contributed by atoms with Gasteiger partial charge in [0.2, 0.25) is 0 Å². The largest absolute Gasteiger partial charge is 0.314 e. The zero-order valence-electron chi connectivity index (χ0n) is 10.3. The molecule has 15 heavy (non-hydrogen) atoms. The minimum absolute atomic E-state index is 0.616. The summed E-state index contributed by atoms with van der Waals surface area (Å²) < 4.78 is 1.96. The molecule has 0 spiro atoms. The Hall–Kier alpha value is -0.830. The average molecular weight is 209 g/mol. The standard InChI is InChI=1S/C12H23N3/c1-5-13-12(10(2)3)7-6-11-8-9-14-15(11)4/h8-10,12-13H,5-7H2,1-4H3. The van der Waals surface area contributed by atoms with Gasteiger partial charge in [0.05, 0.1) is 0 Å². The fourth-order valence-corrected chi connectivity index (χ4v) is 1.88. The van der Waals surface area contributed by atoms with E-state index in [0.717, 1.165) is 13.0 Å². The van der Waals surface area contributed by atoms with Crippen molar-refractivity contribution in [2.75, 3.05) is 6.54 Å². The molecule has 0 aliphatic carbocycles. The van der Waals surface area contributed by atoms with Gasteiger partial charge in [0.15, 0.2) is 0 Å². The van der Waals surface area contributed by atoms with Crippen LogP contribution in [0.4, 0.5) is 0 Å². The summed E-state index contributed by atoms with van der Waals surface area (Å²) in [4.78, 5) is 0. The molecule has 0 saturated carbocycles. The summed E-state index contributed by atoms with van der Waals surface area (Å²) in [7, 11) is 2.01. The van der Waals surface area contributed by atoms with Crippen LogP contribution < -0.4 is 5.32 Å². The summed E-state index contributed by atoms with van der Waals surface area (Å²) in [5, 5.41) is 7.72. The fraction of sp³-hybridized carbons (Fsp3) is 0.750. The van der Waals surface area contributed by atoms with Crippen molar-refractivity contribution in [3.8, 4) is 0 Å². The van der Waals surface area contributed by atoms with Gasteiger partial charge in [-0.2, -0.15) is 5.10 Å². The number of hydrogen-bond acceptors (Lipinski definition) is 2. The predicted molar refractivity (Wildman–Crippen MR) is 63.8 cm³/mol. The second-order valence-electron chi connectivity index (χ2n) is 4.39. The Bertz CT molecular complexity index is 278. The Morgan fingerprint density at radius 3 is 2.67 bits per heavy atom. The summed E-state index contributed by atoms with van der Waals surface area (Å²) in [6.07, 6.45) is 4.16. The normalized spacial score (nSPS) is 13.4. The molecule has 0 aliphatic heterocycles. The first kappa shape index (κ1) is 12.2. The van der Waals surface area contributed by atoms with Crippen LogP contribution in [0.3, 0.4) is 0 Å². The van der Waals surface area contributed by atoms with Gasteiger partial charge in [0, 0.05) is 25.0 Å². The molecule has 0 amide bonds. The van der Waals surface area contributed by atoms with Crippen molar-refractivity contribution in [3.63, 3.8) is 0 Å². The fourth-order valence-electron chi connectivity index (χ4n) is 1.88. The van der Waals surface area contributed by atoms with E-state index in [4.69, 9.17) is 0 Å². The van der Waals surface area contributed by atoms with Crippen molar-refractivity contribution in [2.24, 2.45) is 13.0 Å². The minimum Gasteiger partial charge on any atom is -0.314 e. The molecule has 1 unspecified atom stereocenters. The SMILES string of the molecule is CCNC(CCc1ccnn1C)C(C)C. The van der Waals surface area contributed by atoms with Crippen LogP contribution in [0.15, 0.2) is 12.3 Å². The van der Waals surface area contributed by atoms with Crippen LogP contribution in [0.25, 0.3) is 0 Å². The molecule has 3 heteroatoms. The Balaban J connectivity index is 2.43. The van der Waals surface area contributed by atoms with E-state index in [-0.39, 0.29) is 0 Å². The third kappa shape index (κ3) is 3.67. The van der Waals surface area contributed by atoms with E-state index in [9.17, 15) is 0 Å². The van der Waals surface area contributed by atoms with Crippen molar-refractivity contribution in [3.05, 3.63) is 18.0 Å². The summed E-state index contributed by atoms with van der Waals surface area (Å²) in [5.41, 5.74) is 1.32. The van der Waals surface area contributed by atoms with Gasteiger partial charge in [0.25, 0.3) is 0 Å². The van der Waals surface area contributed by atoms with Gasteiger partial charge in [-0.15, -0.1) is 0 Å². The third-order valence-electron chi connectivity index (χ3n) is 2.90. The number of nitrogens with one attached hydrogen (secondary N) is 1. The van der Waals surface area contributed by atoms with Crippen LogP contribution in [-0.2, 0) is 13.5 Å². The zero-order valence-corrected chi connectivity index (χ0v) is 10.3. The topological polar surface area (TPSA) is 29.9 Å². The lowest BCUT2D eigenvalue weighted by Crippen LogP contribution is -2.34. The molecule has 3 nitrogen and oxygen atoms in total. The smallest absolute Gasteiger partial charge is 0.0492 e. The average Bonchev–Trinajstić information content (AvgIpc) is 2.58. The first-order chi connectivity index (χ1) is 7.15. The zero-order chi connectivity index (χ0) is 11.3. The molecule has 0 bridgehead atoms. The van der Waals surface area contributed by atoms with E-state index < -0.39 is 0 Å². The summed E-state index contributed by atoms with van der Waals surface area (Å²) in [5.74, 6) is 0.693. The maximum absolute atomic E-state index is 4.18. The van der Waals surface area contributed by atoms with Crippen LogP contribution in [0.1, 0.15) is 32.9 Å². The van der Waals surface area contributed by atoms with Crippen LogP contribution in [0.2, 0.25) is 0 Å². The highest BCUT2D eigenvalue weighted by Crippen LogP contribution is 2.10. The number of aromatic nitrogens is 2. The summed E-state index contributed by atoms with van der Waals surface area (Å²) in [6, 6.07) is 2.72. The van der Waals surface area contributed by atoms with Gasteiger partial charge in [0.1, 0.15) is 0 Å². The van der Waals surface area contributed by atoms with Crippen molar-refractivity contribution in [2.45, 2.75) is 39.7 Å². The molecule has 0 radical (unpaired) electrons. The maximum atomic E-state index is 4.18. The quantitative estimate of drug-likeness (QED) is 0.776. The van der Waals surface area contributed by atoms with Gasteiger partial charge < -0.3 is 5.32 Å². The molecule has 1 N–H and O–H groups in total. The molecule has 1 aromatic rings. The summed E-state index contributed by atoms with van der Waals surface area (Å²) in [6.45, 7) is 7.76. The minimum atomic E-state index is 0.616. The third-order valence-corrected chi connectivity index (χ3v) is 2.90. The van der Waals surface area contributed by atoms with Gasteiger partial charge in [-0.25, -0.2) is 0 Å². The first-order valence-corrected chi connectivity index (χ1v) is 5.85. The van der Waals surface area contributed by atoms with E-state index in [1.807, 2.05) is 17.9 Å². The molecule has 86 valence electrons. The number of nitrogens with zero attached hydrogens (tertiary/aromatic N) is 2. The second kappa shape index (κ2) is 5.91. The Morgan fingerprint density at radius 1 is 1.47 bits per heavy atom. The maximum Gasteiger partial charge on any atom is 0.0492 e. The lowest BCUT2D eigenvalue weighted by Gasteiger charge is -2.21. The second-order valence-corrected chi connectivity index (χ2v) is 4.39. The van der Waals surface area contributed by atoms with Crippen molar-refractivity contribution >= 4 is 0 Å². The monoisotopic (exact) mass is 209 g/mol. The van der Waals surface area contributed by atoms with Crippen LogP contribution in [0, 0.1) is 5.92 Å². The van der Waals surface area contributed by atoms with E-state index >= 15 is 0 Å². The van der Waals surface area contributed by atoms with Crippen molar-refractivity contribution in [1.82, 2.24) is 15.1 Å². The predicted octanol–water partition coefficient (Wildman–Crippen LogP) is 1.99. The highest BCUT2D eigenvalue weighted by molar-refractivity contribution is 5.00. The molecule has 1 heterocycles. The van der Waals surface area contributed by atoms with Crippen LogP contribution in [0.5, 0.6) is 0 Å². The van der Waals surface area contributed by atoms with E-state index in [1.165, 1.54) is 12.1 Å². The van der Waals surface area contributed by atoms with Gasteiger partial charge in [-0.3, -0.25) is 4.68 Å². The van der Waals surface area contributed by atoms with Crippen molar-refractivity contribution in [1.29, 1.82) is 0 Å². The lowest BCUT2D eigenvalue weighted by atomic mass is 9.98. The van der Waals surface area contributed by atoms with Crippen LogP contribution >= 0.6 is 0 Å². The molecular weight excluding hydrogens is 186 g/mol. The van der Waals surface area contributed by atoms with E-state index in [1.54, 1.807) is 0 Å². The molecule has 0 aliphatic rings. The van der Waals surface area contributed by atoms with Gasteiger partial charge in [-0.1, -0.05) is 20.8 Å². The molecule has 1 aromatic heterocycles. The highest BCUT2D eigenvalue weighted by Gasteiger charge is 2.12. The Morgan fingerprint density at radius 2 is 2.20 bits per heavy atom. The molecule has 1 rings (SSSR count).